The Kier molecular flexibility index (Phi) is 5.56. The van der Waals surface area contributed by atoms with Crippen molar-refractivity contribution >= 4 is 22.7 Å². The van der Waals surface area contributed by atoms with Crippen LogP contribution in [0.25, 0.3) is 10.6 Å². The predicted octanol–water partition coefficient (Wildman–Crippen LogP) is 4.47. The van der Waals surface area contributed by atoms with Crippen LogP contribution in [0, 0.1) is 0 Å². The summed E-state index contributed by atoms with van der Waals surface area (Å²) < 4.78 is 0. The van der Waals surface area contributed by atoms with E-state index in [2.05, 4.69) is 39.4 Å². The Labute approximate surface area is 144 Å². The number of thiophene rings is 1. The van der Waals surface area contributed by atoms with Crippen molar-refractivity contribution in [1.82, 2.24) is 10.3 Å². The number of nitrogens with zero attached hydrogens (tertiary/aromatic N) is 1. The van der Waals surface area contributed by atoms with Gasteiger partial charge < -0.3 is 10.4 Å². The van der Waals surface area contributed by atoms with Crippen molar-refractivity contribution in [2.45, 2.75) is 32.0 Å². The molecule has 2 heterocycles. The van der Waals surface area contributed by atoms with Crippen LogP contribution in [0.15, 0.2) is 52.5 Å². The number of aliphatic hydroxyl groups is 1. The fraction of sp³-hybridized carbons (Fsp3) is 0.278. The first-order valence-electron chi connectivity index (χ1n) is 7.65. The lowest BCUT2D eigenvalue weighted by Crippen LogP contribution is -2.27. The standard InChI is InChI=1S/C18H20N2OS2/c1-13(9-17(21)14-5-3-2-4-6-14)19-10-16-12-23-18(20-16)15-7-8-22-11-15/h2-8,11-13,17,19,21H,9-10H2,1H3. The second-order valence-corrected chi connectivity index (χ2v) is 7.24. The number of thiazole rings is 1. The number of aromatic nitrogens is 1. The smallest absolute Gasteiger partial charge is 0.124 e. The maximum absolute atomic E-state index is 10.3. The summed E-state index contributed by atoms with van der Waals surface area (Å²) in [7, 11) is 0. The van der Waals surface area contributed by atoms with E-state index in [-0.39, 0.29) is 6.04 Å². The van der Waals surface area contributed by atoms with Crippen LogP contribution < -0.4 is 5.32 Å². The Morgan fingerprint density at radius 3 is 2.74 bits per heavy atom. The first-order valence-corrected chi connectivity index (χ1v) is 9.48. The van der Waals surface area contributed by atoms with E-state index in [9.17, 15) is 5.11 Å². The molecule has 0 aliphatic rings. The summed E-state index contributed by atoms with van der Waals surface area (Å²) in [6, 6.07) is 12.1. The molecule has 0 fully saturated rings. The van der Waals surface area contributed by atoms with E-state index < -0.39 is 6.10 Å². The van der Waals surface area contributed by atoms with E-state index in [1.807, 2.05) is 30.3 Å². The molecular weight excluding hydrogens is 324 g/mol. The first-order chi connectivity index (χ1) is 11.2. The molecule has 1 aromatic carbocycles. The second-order valence-electron chi connectivity index (χ2n) is 5.60. The van der Waals surface area contributed by atoms with E-state index in [1.165, 1.54) is 5.56 Å². The second kappa shape index (κ2) is 7.84. The Bertz CT molecular complexity index is 710. The minimum absolute atomic E-state index is 0.219. The Balaban J connectivity index is 1.50. The lowest BCUT2D eigenvalue weighted by atomic mass is 10.0. The summed E-state index contributed by atoms with van der Waals surface area (Å²) >= 11 is 3.37. The van der Waals surface area contributed by atoms with E-state index in [0.717, 1.165) is 22.8 Å². The summed E-state index contributed by atoms with van der Waals surface area (Å²) in [5, 5.41) is 21.1. The third kappa shape index (κ3) is 4.48. The molecule has 0 aliphatic carbocycles. The number of hydrogen-bond donors (Lipinski definition) is 2. The molecule has 2 N–H and O–H groups in total. The summed E-state index contributed by atoms with van der Waals surface area (Å²) in [4.78, 5) is 4.66. The molecule has 5 heteroatoms. The van der Waals surface area contributed by atoms with Crippen molar-refractivity contribution in [3.63, 3.8) is 0 Å². The number of hydrogen-bond acceptors (Lipinski definition) is 5. The molecule has 3 aromatic rings. The molecule has 0 saturated carbocycles. The Morgan fingerprint density at radius 1 is 1.17 bits per heavy atom. The van der Waals surface area contributed by atoms with Crippen LogP contribution in [0.3, 0.4) is 0 Å². The van der Waals surface area contributed by atoms with Crippen LogP contribution in [0.1, 0.15) is 30.7 Å². The quantitative estimate of drug-likeness (QED) is 0.664. The highest BCUT2D eigenvalue weighted by Crippen LogP contribution is 2.25. The highest BCUT2D eigenvalue weighted by molar-refractivity contribution is 7.14. The highest BCUT2D eigenvalue weighted by Gasteiger charge is 2.12. The van der Waals surface area contributed by atoms with Gasteiger partial charge >= 0.3 is 0 Å². The van der Waals surface area contributed by atoms with Crippen LogP contribution in [0.2, 0.25) is 0 Å². The molecule has 3 nitrogen and oxygen atoms in total. The SMILES string of the molecule is CC(CC(O)c1ccccc1)NCc1csc(-c2ccsc2)n1. The van der Waals surface area contributed by atoms with Crippen molar-refractivity contribution < 1.29 is 5.11 Å². The van der Waals surface area contributed by atoms with Gasteiger partial charge in [-0.05, 0) is 30.4 Å². The zero-order chi connectivity index (χ0) is 16.1. The van der Waals surface area contributed by atoms with Crippen molar-refractivity contribution in [3.8, 4) is 10.6 Å². The molecule has 2 unspecified atom stereocenters. The zero-order valence-corrected chi connectivity index (χ0v) is 14.6. The van der Waals surface area contributed by atoms with Gasteiger partial charge in [0.05, 0.1) is 11.8 Å². The van der Waals surface area contributed by atoms with Gasteiger partial charge in [0.25, 0.3) is 0 Å². The van der Waals surface area contributed by atoms with E-state index in [0.29, 0.717) is 6.42 Å². The summed E-state index contributed by atoms with van der Waals surface area (Å²) in [5.74, 6) is 0. The molecule has 0 amide bonds. The number of nitrogens with one attached hydrogen (secondary N) is 1. The fourth-order valence-electron chi connectivity index (χ4n) is 2.42. The maximum Gasteiger partial charge on any atom is 0.124 e. The van der Waals surface area contributed by atoms with Crippen LogP contribution in [0.5, 0.6) is 0 Å². The van der Waals surface area contributed by atoms with Gasteiger partial charge in [0.2, 0.25) is 0 Å². The van der Waals surface area contributed by atoms with Crippen LogP contribution in [-0.4, -0.2) is 16.1 Å². The van der Waals surface area contributed by atoms with Crippen molar-refractivity contribution in [1.29, 1.82) is 0 Å². The molecule has 120 valence electrons. The lowest BCUT2D eigenvalue weighted by Gasteiger charge is -2.17. The lowest BCUT2D eigenvalue weighted by molar-refractivity contribution is 0.154. The molecule has 23 heavy (non-hydrogen) atoms. The van der Waals surface area contributed by atoms with Gasteiger partial charge in [-0.25, -0.2) is 4.98 Å². The predicted molar refractivity (Wildman–Crippen MR) is 97.7 cm³/mol. The molecule has 0 saturated heterocycles. The normalized spacial score (nSPS) is 13.8. The third-order valence-corrected chi connectivity index (χ3v) is 5.34. The van der Waals surface area contributed by atoms with Gasteiger partial charge in [0.1, 0.15) is 5.01 Å². The van der Waals surface area contributed by atoms with Crippen LogP contribution in [-0.2, 0) is 6.54 Å². The fourth-order valence-corrected chi connectivity index (χ4v) is 3.95. The van der Waals surface area contributed by atoms with Gasteiger partial charge in [-0.15, -0.1) is 11.3 Å². The highest BCUT2D eigenvalue weighted by atomic mass is 32.1. The van der Waals surface area contributed by atoms with E-state index >= 15 is 0 Å². The molecule has 2 aromatic heterocycles. The van der Waals surface area contributed by atoms with Crippen molar-refractivity contribution in [2.75, 3.05) is 0 Å². The van der Waals surface area contributed by atoms with Crippen molar-refractivity contribution in [2.24, 2.45) is 0 Å². The van der Waals surface area contributed by atoms with Gasteiger partial charge in [-0.3, -0.25) is 0 Å². The first kappa shape index (κ1) is 16.3. The Morgan fingerprint density at radius 2 is 2.00 bits per heavy atom. The van der Waals surface area contributed by atoms with E-state index in [4.69, 9.17) is 0 Å². The average molecular weight is 345 g/mol. The molecule has 0 bridgehead atoms. The summed E-state index contributed by atoms with van der Waals surface area (Å²) in [5.41, 5.74) is 3.21. The molecule has 0 spiro atoms. The molecule has 2 atom stereocenters. The van der Waals surface area contributed by atoms with Gasteiger partial charge in [0.15, 0.2) is 0 Å². The summed E-state index contributed by atoms with van der Waals surface area (Å²) in [6.07, 6.45) is 0.251. The van der Waals surface area contributed by atoms with Gasteiger partial charge in [0, 0.05) is 28.9 Å². The van der Waals surface area contributed by atoms with Gasteiger partial charge in [-0.2, -0.15) is 11.3 Å². The number of rotatable bonds is 7. The summed E-state index contributed by atoms with van der Waals surface area (Å²) in [6.45, 7) is 2.82. The third-order valence-electron chi connectivity index (χ3n) is 3.71. The topological polar surface area (TPSA) is 45.1 Å². The maximum atomic E-state index is 10.3. The molecule has 0 aliphatic heterocycles. The van der Waals surface area contributed by atoms with Crippen LogP contribution in [0.4, 0.5) is 0 Å². The largest absolute Gasteiger partial charge is 0.388 e. The van der Waals surface area contributed by atoms with Crippen molar-refractivity contribution in [3.05, 3.63) is 63.8 Å². The molecule has 0 radical (unpaired) electrons. The molecular formula is C18H20N2OS2. The monoisotopic (exact) mass is 344 g/mol. The Hall–Kier alpha value is -1.53. The number of benzene rings is 1. The van der Waals surface area contributed by atoms with E-state index in [1.54, 1.807) is 22.7 Å². The molecule has 3 rings (SSSR count). The minimum Gasteiger partial charge on any atom is -0.388 e. The van der Waals surface area contributed by atoms with Gasteiger partial charge in [-0.1, -0.05) is 30.3 Å². The zero-order valence-electron chi connectivity index (χ0n) is 13.0. The van der Waals surface area contributed by atoms with Crippen LogP contribution >= 0.6 is 22.7 Å². The average Bonchev–Trinajstić information content (AvgIpc) is 3.25. The number of aliphatic hydroxyl groups excluding tert-OH is 1. The minimum atomic E-state index is -0.435.